The summed E-state index contributed by atoms with van der Waals surface area (Å²) >= 11 is 6.30. The lowest BCUT2D eigenvalue weighted by molar-refractivity contribution is -0.127. The van der Waals surface area contributed by atoms with Crippen molar-refractivity contribution in [3.05, 3.63) is 71.5 Å². The van der Waals surface area contributed by atoms with Crippen LogP contribution in [-0.2, 0) is 20.4 Å². The van der Waals surface area contributed by atoms with Crippen LogP contribution in [0.4, 0.5) is 11.5 Å². The molecule has 1 amide bonds. The molecular weight excluding hydrogens is 582 g/mol. The van der Waals surface area contributed by atoms with Crippen LogP contribution in [0.5, 0.6) is 5.75 Å². The summed E-state index contributed by atoms with van der Waals surface area (Å²) in [7, 11) is -4.29. The van der Waals surface area contributed by atoms with Gasteiger partial charge in [0, 0.05) is 56.3 Å². The number of nitrogens with one attached hydrogen (secondary N) is 1. The second kappa shape index (κ2) is 11.0. The Morgan fingerprint density at radius 2 is 1.81 bits per heavy atom. The zero-order chi connectivity index (χ0) is 29.5. The largest absolute Gasteiger partial charge is 0.475 e. The van der Waals surface area contributed by atoms with Crippen molar-refractivity contribution in [2.75, 3.05) is 36.0 Å². The van der Waals surface area contributed by atoms with Crippen LogP contribution in [-0.4, -0.2) is 72.4 Å². The molecular formula is C29H32ClN5O6S. The van der Waals surface area contributed by atoms with Gasteiger partial charge in [-0.1, -0.05) is 23.7 Å². The Morgan fingerprint density at radius 1 is 1.02 bits per heavy atom. The number of pyridine rings is 2. The predicted molar refractivity (Wildman–Crippen MR) is 156 cm³/mol. The second-order valence-corrected chi connectivity index (χ2v) is 13.2. The molecule has 0 bridgehead atoms. The molecule has 0 spiro atoms. The van der Waals surface area contributed by atoms with Gasteiger partial charge in [-0.05, 0) is 55.7 Å². The first kappa shape index (κ1) is 28.7. The average Bonchev–Trinajstić information content (AvgIpc) is 3.64. The van der Waals surface area contributed by atoms with Crippen LogP contribution >= 0.6 is 11.6 Å². The Morgan fingerprint density at radius 3 is 2.48 bits per heavy atom. The molecule has 2 saturated heterocycles. The van der Waals surface area contributed by atoms with Crippen molar-refractivity contribution >= 4 is 39.0 Å². The van der Waals surface area contributed by atoms with Gasteiger partial charge in [0.05, 0.1) is 17.5 Å². The number of sulfonamides is 1. The fraction of sp³-hybridized carbons (Fsp3) is 0.414. The topological polar surface area (TPSA) is 145 Å². The minimum atomic E-state index is -4.29. The maximum Gasteiger partial charge on any atom is 0.281 e. The maximum absolute atomic E-state index is 13.3. The summed E-state index contributed by atoms with van der Waals surface area (Å²) in [5.41, 5.74) is -1.08. The smallest absolute Gasteiger partial charge is 0.281 e. The lowest BCUT2D eigenvalue weighted by atomic mass is 9.87. The molecule has 222 valence electrons. The molecule has 6 rings (SSSR count). The van der Waals surface area contributed by atoms with E-state index in [1.807, 2.05) is 18.2 Å². The van der Waals surface area contributed by atoms with Crippen molar-refractivity contribution in [2.24, 2.45) is 0 Å². The third kappa shape index (κ3) is 5.76. The van der Waals surface area contributed by atoms with Gasteiger partial charge in [-0.3, -0.25) is 9.78 Å². The fourth-order valence-electron chi connectivity index (χ4n) is 5.49. The molecule has 1 atom stereocenters. The molecule has 4 heterocycles. The number of anilines is 2. The molecule has 13 heteroatoms. The van der Waals surface area contributed by atoms with E-state index in [1.165, 1.54) is 6.07 Å². The number of hydrogen-bond acceptors (Lipinski definition) is 10. The SMILES string of the molecule is O=C(NS(=O)(=O)c1cccc(N2CC[C@H](O)C2)n1)C1(Oc2cc(Cl)ccc2N2CCC(O)(c3ccccn3)CC2)CC1. The molecule has 3 aliphatic rings. The number of amides is 1. The van der Waals surface area contributed by atoms with Crippen LogP contribution in [0, 0.1) is 0 Å². The van der Waals surface area contributed by atoms with Gasteiger partial charge in [0.25, 0.3) is 15.9 Å². The van der Waals surface area contributed by atoms with Crippen LogP contribution < -0.4 is 19.3 Å². The van der Waals surface area contributed by atoms with Gasteiger partial charge in [0.2, 0.25) is 0 Å². The van der Waals surface area contributed by atoms with Gasteiger partial charge in [-0.25, -0.2) is 9.71 Å². The number of β-amino-alcohol motifs (C(OH)–C–C–N with tert-alkyl or cyclic N) is 1. The number of carbonyl (C=O) groups excluding carboxylic acids is 1. The van der Waals surface area contributed by atoms with Crippen molar-refractivity contribution in [3.8, 4) is 5.75 Å². The molecule has 3 N–H and O–H groups in total. The lowest BCUT2D eigenvalue weighted by Crippen LogP contribution is -2.45. The van der Waals surface area contributed by atoms with Crippen molar-refractivity contribution in [2.45, 2.75) is 54.4 Å². The number of aliphatic hydroxyl groups excluding tert-OH is 1. The first-order chi connectivity index (χ1) is 20.1. The highest BCUT2D eigenvalue weighted by atomic mass is 35.5. The first-order valence-electron chi connectivity index (χ1n) is 13.9. The molecule has 0 radical (unpaired) electrons. The lowest BCUT2D eigenvalue weighted by Gasteiger charge is -2.39. The van der Waals surface area contributed by atoms with Gasteiger partial charge in [0.15, 0.2) is 10.6 Å². The molecule has 2 aliphatic heterocycles. The highest BCUT2D eigenvalue weighted by Gasteiger charge is 2.54. The van der Waals surface area contributed by atoms with Crippen molar-refractivity contribution in [1.82, 2.24) is 14.7 Å². The number of benzene rings is 1. The Labute approximate surface area is 249 Å². The molecule has 11 nitrogen and oxygen atoms in total. The van der Waals surface area contributed by atoms with Crippen LogP contribution in [0.2, 0.25) is 5.02 Å². The van der Waals surface area contributed by atoms with Gasteiger partial charge < -0.3 is 24.7 Å². The van der Waals surface area contributed by atoms with Gasteiger partial charge in [0.1, 0.15) is 17.2 Å². The van der Waals surface area contributed by atoms with Gasteiger partial charge in [-0.2, -0.15) is 8.42 Å². The van der Waals surface area contributed by atoms with Gasteiger partial charge >= 0.3 is 0 Å². The first-order valence-corrected chi connectivity index (χ1v) is 15.8. The van der Waals surface area contributed by atoms with Crippen molar-refractivity contribution in [3.63, 3.8) is 0 Å². The number of rotatable bonds is 8. The molecule has 1 aromatic carbocycles. The van der Waals surface area contributed by atoms with Crippen LogP contribution in [0.25, 0.3) is 0 Å². The molecule has 42 heavy (non-hydrogen) atoms. The molecule has 1 saturated carbocycles. The third-order valence-electron chi connectivity index (χ3n) is 8.12. The second-order valence-electron chi connectivity index (χ2n) is 11.1. The summed E-state index contributed by atoms with van der Waals surface area (Å²) in [6, 6.07) is 15.2. The van der Waals surface area contributed by atoms with E-state index in [1.54, 1.807) is 41.4 Å². The third-order valence-corrected chi connectivity index (χ3v) is 9.58. The maximum atomic E-state index is 13.3. The predicted octanol–water partition coefficient (Wildman–Crippen LogP) is 2.61. The van der Waals surface area contributed by atoms with Crippen LogP contribution in [0.15, 0.2) is 65.8 Å². The number of aliphatic hydroxyl groups is 2. The monoisotopic (exact) mass is 613 g/mol. The van der Waals surface area contributed by atoms with E-state index < -0.39 is 33.2 Å². The van der Waals surface area contributed by atoms with E-state index in [2.05, 4.69) is 19.6 Å². The number of piperidine rings is 1. The van der Waals surface area contributed by atoms with Crippen LogP contribution in [0.3, 0.4) is 0 Å². The summed E-state index contributed by atoms with van der Waals surface area (Å²) in [6.07, 6.45) is 3.29. The summed E-state index contributed by atoms with van der Waals surface area (Å²) in [6.45, 7) is 1.94. The summed E-state index contributed by atoms with van der Waals surface area (Å²) < 4.78 is 34.7. The standard InChI is InChI=1S/C29H32ClN5O6S/c30-20-7-8-22(34-16-12-28(38,13-17-34)24-4-1-2-14-31-24)23(18-20)41-29(10-11-29)27(37)33-42(39,40)26-6-3-5-25(32-26)35-15-9-21(36)19-35/h1-8,14,18,21,36,38H,9-13,15-17,19H2,(H,33,37)/t21-/m0/s1. The van der Waals surface area contributed by atoms with Crippen molar-refractivity contribution in [1.29, 1.82) is 0 Å². The summed E-state index contributed by atoms with van der Waals surface area (Å²) in [5.74, 6) is 0.00300. The molecule has 3 aromatic rings. The molecule has 1 aliphatic carbocycles. The fourth-order valence-corrected chi connectivity index (χ4v) is 6.66. The quantitative estimate of drug-likeness (QED) is 0.347. The summed E-state index contributed by atoms with van der Waals surface area (Å²) in [4.78, 5) is 25.8. The molecule has 2 aromatic heterocycles. The highest BCUT2D eigenvalue weighted by molar-refractivity contribution is 7.90. The number of ether oxygens (including phenoxy) is 1. The van der Waals surface area contributed by atoms with E-state index >= 15 is 0 Å². The van der Waals surface area contributed by atoms with E-state index in [0.717, 1.165) is 0 Å². The number of carbonyl (C=O) groups is 1. The van der Waals surface area contributed by atoms with E-state index in [0.29, 0.717) is 86.3 Å². The minimum Gasteiger partial charge on any atom is -0.475 e. The summed E-state index contributed by atoms with van der Waals surface area (Å²) in [5, 5.41) is 21.2. The number of nitrogens with zero attached hydrogens (tertiary/aromatic N) is 4. The number of halogens is 1. The minimum absolute atomic E-state index is 0.289. The Kier molecular flexibility index (Phi) is 7.50. The zero-order valence-corrected chi connectivity index (χ0v) is 24.4. The molecule has 3 fully saturated rings. The number of aromatic nitrogens is 2. The normalized spacial score (nSPS) is 21.2. The Hall–Kier alpha value is -3.45. The van der Waals surface area contributed by atoms with Crippen molar-refractivity contribution < 1.29 is 28.2 Å². The van der Waals surface area contributed by atoms with Crippen LogP contribution in [0.1, 0.15) is 37.8 Å². The Bertz CT molecular complexity index is 1580. The van der Waals surface area contributed by atoms with E-state index in [9.17, 15) is 23.4 Å². The highest BCUT2D eigenvalue weighted by Crippen LogP contribution is 2.45. The van der Waals surface area contributed by atoms with E-state index in [4.69, 9.17) is 16.3 Å². The Balaban J connectivity index is 1.17. The van der Waals surface area contributed by atoms with Gasteiger partial charge in [-0.15, -0.1) is 0 Å². The number of hydrogen-bond donors (Lipinski definition) is 3. The zero-order valence-electron chi connectivity index (χ0n) is 22.8. The molecule has 0 unspecified atom stereocenters. The van der Waals surface area contributed by atoms with E-state index in [-0.39, 0.29) is 5.03 Å². The average molecular weight is 614 g/mol.